The van der Waals surface area contributed by atoms with Crippen molar-refractivity contribution in [2.24, 2.45) is 0 Å². The SMILES string of the molecule is CCNC(=O)[C@H](C)N(Cc1ccc(C)cc1)C(=O)CN1C(=O)c2ccccc2S1(=O)=O. The number of hydrogen-bond acceptors (Lipinski definition) is 5. The summed E-state index contributed by atoms with van der Waals surface area (Å²) >= 11 is 0. The Morgan fingerprint density at radius 2 is 1.74 bits per heavy atom. The van der Waals surface area contributed by atoms with Gasteiger partial charge in [0.25, 0.3) is 15.9 Å². The van der Waals surface area contributed by atoms with E-state index in [0.717, 1.165) is 11.1 Å². The summed E-state index contributed by atoms with van der Waals surface area (Å²) in [7, 11) is -4.12. The summed E-state index contributed by atoms with van der Waals surface area (Å²) in [6, 6.07) is 12.5. The first-order valence-electron chi connectivity index (χ1n) is 9.95. The minimum absolute atomic E-state index is 0.0390. The number of amides is 3. The monoisotopic (exact) mass is 443 g/mol. The van der Waals surface area contributed by atoms with Crippen LogP contribution in [0.1, 0.15) is 35.3 Å². The summed E-state index contributed by atoms with van der Waals surface area (Å²) in [5, 5.41) is 2.68. The molecule has 8 nitrogen and oxygen atoms in total. The predicted molar refractivity (Wildman–Crippen MR) is 115 cm³/mol. The Labute approximate surface area is 181 Å². The van der Waals surface area contributed by atoms with Crippen LogP contribution in [0.2, 0.25) is 0 Å². The van der Waals surface area contributed by atoms with Crippen LogP contribution in [0.3, 0.4) is 0 Å². The topological polar surface area (TPSA) is 104 Å². The number of fused-ring (bicyclic) bond motifs is 1. The molecule has 0 aromatic heterocycles. The normalized spacial score (nSPS) is 15.3. The fourth-order valence-corrected chi connectivity index (χ4v) is 4.91. The molecular formula is C22H25N3O5S. The molecular weight excluding hydrogens is 418 g/mol. The van der Waals surface area contributed by atoms with Gasteiger partial charge >= 0.3 is 0 Å². The van der Waals surface area contributed by atoms with Gasteiger partial charge in [0, 0.05) is 13.1 Å². The Morgan fingerprint density at radius 3 is 2.35 bits per heavy atom. The van der Waals surface area contributed by atoms with Gasteiger partial charge in [-0.05, 0) is 38.5 Å². The standard InChI is InChI=1S/C22H25N3O5S/c1-4-23-21(27)16(3)24(13-17-11-9-15(2)10-12-17)20(26)14-25-22(28)18-7-5-6-8-19(18)31(25,29)30/h5-12,16H,4,13-14H2,1-3H3,(H,23,27)/t16-/m0/s1. The van der Waals surface area contributed by atoms with E-state index in [0.29, 0.717) is 10.8 Å². The highest BCUT2D eigenvalue weighted by atomic mass is 32.2. The van der Waals surface area contributed by atoms with E-state index in [1.54, 1.807) is 19.9 Å². The number of sulfonamides is 1. The molecule has 1 aliphatic rings. The third-order valence-electron chi connectivity index (χ3n) is 5.18. The quantitative estimate of drug-likeness (QED) is 0.701. The predicted octanol–water partition coefficient (Wildman–Crippen LogP) is 1.69. The molecule has 2 aromatic carbocycles. The third-order valence-corrected chi connectivity index (χ3v) is 6.97. The highest BCUT2D eigenvalue weighted by molar-refractivity contribution is 7.90. The van der Waals surface area contributed by atoms with E-state index in [4.69, 9.17) is 0 Å². The van der Waals surface area contributed by atoms with Crippen molar-refractivity contribution < 1.29 is 22.8 Å². The third kappa shape index (κ3) is 4.46. The van der Waals surface area contributed by atoms with Gasteiger partial charge in [0.15, 0.2) is 0 Å². The summed E-state index contributed by atoms with van der Waals surface area (Å²) in [5.74, 6) is -1.74. The molecule has 164 valence electrons. The average molecular weight is 444 g/mol. The van der Waals surface area contributed by atoms with Crippen molar-refractivity contribution in [1.82, 2.24) is 14.5 Å². The van der Waals surface area contributed by atoms with Gasteiger partial charge in [-0.15, -0.1) is 0 Å². The number of carbonyl (C=O) groups excluding carboxylic acids is 3. The van der Waals surface area contributed by atoms with Gasteiger partial charge in [0.1, 0.15) is 17.5 Å². The van der Waals surface area contributed by atoms with Crippen molar-refractivity contribution in [1.29, 1.82) is 0 Å². The molecule has 0 unspecified atom stereocenters. The Morgan fingerprint density at radius 1 is 1.10 bits per heavy atom. The zero-order valence-electron chi connectivity index (χ0n) is 17.7. The summed E-state index contributed by atoms with van der Waals surface area (Å²) in [6.07, 6.45) is 0. The molecule has 0 spiro atoms. The van der Waals surface area contributed by atoms with Gasteiger partial charge in [-0.2, -0.15) is 0 Å². The second kappa shape index (κ2) is 8.89. The summed E-state index contributed by atoms with van der Waals surface area (Å²) in [4.78, 5) is 39.5. The molecule has 1 heterocycles. The van der Waals surface area contributed by atoms with Crippen LogP contribution in [0.15, 0.2) is 53.4 Å². The molecule has 0 aliphatic carbocycles. The number of carbonyl (C=O) groups is 3. The molecule has 0 fully saturated rings. The van der Waals surface area contributed by atoms with Crippen molar-refractivity contribution in [3.05, 3.63) is 65.2 Å². The maximum Gasteiger partial charge on any atom is 0.269 e. The largest absolute Gasteiger partial charge is 0.355 e. The lowest BCUT2D eigenvalue weighted by Crippen LogP contribution is -2.51. The number of nitrogens with zero attached hydrogens (tertiary/aromatic N) is 2. The molecule has 0 radical (unpaired) electrons. The second-order valence-electron chi connectivity index (χ2n) is 7.39. The Kier molecular flexibility index (Phi) is 6.45. The first-order valence-corrected chi connectivity index (χ1v) is 11.4. The van der Waals surface area contributed by atoms with Crippen LogP contribution in [0.25, 0.3) is 0 Å². The maximum absolute atomic E-state index is 13.2. The van der Waals surface area contributed by atoms with Gasteiger partial charge in [0.05, 0.1) is 5.56 Å². The van der Waals surface area contributed by atoms with Gasteiger partial charge in [-0.25, -0.2) is 12.7 Å². The van der Waals surface area contributed by atoms with Crippen LogP contribution < -0.4 is 5.32 Å². The van der Waals surface area contributed by atoms with Crippen molar-refractivity contribution in [2.45, 2.75) is 38.3 Å². The summed E-state index contributed by atoms with van der Waals surface area (Å²) in [6.45, 7) is 5.10. The molecule has 1 atom stereocenters. The van der Waals surface area contributed by atoms with E-state index >= 15 is 0 Å². The first-order chi connectivity index (χ1) is 14.7. The van der Waals surface area contributed by atoms with Crippen LogP contribution >= 0.6 is 0 Å². The molecule has 9 heteroatoms. The maximum atomic E-state index is 13.2. The van der Waals surface area contributed by atoms with Gasteiger partial charge in [-0.1, -0.05) is 42.0 Å². The number of aryl methyl sites for hydroxylation is 1. The molecule has 3 rings (SSSR count). The smallest absolute Gasteiger partial charge is 0.269 e. The molecule has 0 saturated carbocycles. The number of rotatable bonds is 7. The van der Waals surface area contributed by atoms with Gasteiger partial charge in [-0.3, -0.25) is 14.4 Å². The van der Waals surface area contributed by atoms with E-state index < -0.39 is 34.4 Å². The van der Waals surface area contributed by atoms with E-state index in [1.165, 1.54) is 23.1 Å². The van der Waals surface area contributed by atoms with E-state index in [1.807, 2.05) is 31.2 Å². The van der Waals surface area contributed by atoms with Crippen LogP contribution in [-0.4, -0.2) is 54.5 Å². The minimum Gasteiger partial charge on any atom is -0.355 e. The molecule has 0 bridgehead atoms. The Hall–Kier alpha value is -3.20. The second-order valence-corrected chi connectivity index (χ2v) is 9.22. The van der Waals surface area contributed by atoms with Gasteiger partial charge < -0.3 is 10.2 Å². The van der Waals surface area contributed by atoms with Crippen molar-refractivity contribution >= 4 is 27.7 Å². The zero-order valence-corrected chi connectivity index (χ0v) is 18.5. The molecule has 0 saturated heterocycles. The lowest BCUT2D eigenvalue weighted by molar-refractivity contribution is -0.140. The Bertz CT molecular complexity index is 1110. The van der Waals surface area contributed by atoms with Crippen molar-refractivity contribution in [2.75, 3.05) is 13.1 Å². The van der Waals surface area contributed by atoms with E-state index in [2.05, 4.69) is 5.32 Å². The molecule has 31 heavy (non-hydrogen) atoms. The number of likely N-dealkylation sites (N-methyl/N-ethyl adjacent to an activating group) is 1. The highest BCUT2D eigenvalue weighted by Crippen LogP contribution is 2.30. The van der Waals surface area contributed by atoms with Gasteiger partial charge in [0.2, 0.25) is 11.8 Å². The molecule has 3 amide bonds. The molecule has 1 N–H and O–H groups in total. The number of nitrogens with one attached hydrogen (secondary N) is 1. The van der Waals surface area contributed by atoms with Crippen molar-refractivity contribution in [3.8, 4) is 0 Å². The summed E-state index contributed by atoms with van der Waals surface area (Å²) < 4.78 is 26.2. The van der Waals surface area contributed by atoms with Crippen molar-refractivity contribution in [3.63, 3.8) is 0 Å². The Balaban J connectivity index is 1.88. The lowest BCUT2D eigenvalue weighted by atomic mass is 10.1. The fourth-order valence-electron chi connectivity index (χ4n) is 3.40. The average Bonchev–Trinajstić information content (AvgIpc) is 2.94. The summed E-state index contributed by atoms with van der Waals surface area (Å²) in [5.41, 5.74) is 1.87. The van der Waals surface area contributed by atoms with E-state index in [-0.39, 0.29) is 22.9 Å². The number of benzene rings is 2. The number of hydrogen-bond donors (Lipinski definition) is 1. The highest BCUT2D eigenvalue weighted by Gasteiger charge is 2.43. The van der Waals surface area contributed by atoms with Crippen LogP contribution in [-0.2, 0) is 26.2 Å². The molecule has 1 aliphatic heterocycles. The molecule has 2 aromatic rings. The van der Waals surface area contributed by atoms with E-state index in [9.17, 15) is 22.8 Å². The first kappa shape index (κ1) is 22.5. The van der Waals surface area contributed by atoms with Crippen LogP contribution in [0, 0.1) is 6.92 Å². The van der Waals surface area contributed by atoms with Crippen LogP contribution in [0.5, 0.6) is 0 Å². The zero-order chi connectivity index (χ0) is 22.8. The lowest BCUT2D eigenvalue weighted by Gasteiger charge is -2.30. The van der Waals surface area contributed by atoms with Crippen LogP contribution in [0.4, 0.5) is 0 Å². The minimum atomic E-state index is -4.12. The fraction of sp³-hybridized carbons (Fsp3) is 0.318.